The van der Waals surface area contributed by atoms with E-state index in [9.17, 15) is 9.59 Å². The SMILES string of the molecule is CCC1=CC2C(=C(C(=O)OC(C)(C)C)C(=O)OC(C)(C)C)CC2C1. The molecule has 0 saturated heterocycles. The van der Waals surface area contributed by atoms with Crippen molar-refractivity contribution in [3.8, 4) is 0 Å². The van der Waals surface area contributed by atoms with Gasteiger partial charge in [0, 0.05) is 5.92 Å². The summed E-state index contributed by atoms with van der Waals surface area (Å²) in [5.41, 5.74) is 1.11. The molecule has 0 bridgehead atoms. The minimum atomic E-state index is -0.645. The van der Waals surface area contributed by atoms with Crippen molar-refractivity contribution in [2.24, 2.45) is 11.8 Å². The van der Waals surface area contributed by atoms with Gasteiger partial charge in [0.2, 0.25) is 0 Å². The van der Waals surface area contributed by atoms with Crippen molar-refractivity contribution >= 4 is 11.9 Å². The highest BCUT2D eigenvalue weighted by molar-refractivity contribution is 6.15. The van der Waals surface area contributed by atoms with E-state index >= 15 is 0 Å². The maximum atomic E-state index is 12.7. The summed E-state index contributed by atoms with van der Waals surface area (Å²) in [5.74, 6) is -0.420. The van der Waals surface area contributed by atoms with Gasteiger partial charge in [0.25, 0.3) is 0 Å². The van der Waals surface area contributed by atoms with Gasteiger partial charge in [0.1, 0.15) is 16.8 Å². The first kappa shape index (κ1) is 18.8. The molecule has 1 fully saturated rings. The molecule has 0 N–H and O–H groups in total. The van der Waals surface area contributed by atoms with Gasteiger partial charge in [-0.2, -0.15) is 0 Å². The van der Waals surface area contributed by atoms with Crippen molar-refractivity contribution in [2.75, 3.05) is 0 Å². The maximum absolute atomic E-state index is 12.7. The number of esters is 2. The summed E-state index contributed by atoms with van der Waals surface area (Å²) in [6, 6.07) is 0. The number of carbonyl (C=O) groups excluding carboxylic acids is 2. The molecule has 24 heavy (non-hydrogen) atoms. The number of hydrogen-bond acceptors (Lipinski definition) is 4. The van der Waals surface area contributed by atoms with Crippen LogP contribution in [0.5, 0.6) is 0 Å². The molecule has 0 radical (unpaired) electrons. The molecule has 2 unspecified atom stereocenters. The van der Waals surface area contributed by atoms with Crippen molar-refractivity contribution in [2.45, 2.75) is 78.9 Å². The minimum Gasteiger partial charge on any atom is -0.456 e. The molecule has 0 aliphatic heterocycles. The van der Waals surface area contributed by atoms with Crippen LogP contribution in [0.1, 0.15) is 67.7 Å². The summed E-state index contributed by atoms with van der Waals surface area (Å²) in [5, 5.41) is 0. The zero-order valence-corrected chi connectivity index (χ0v) is 16.0. The van der Waals surface area contributed by atoms with Crippen LogP contribution in [-0.4, -0.2) is 23.1 Å². The molecule has 0 aromatic carbocycles. The van der Waals surface area contributed by atoms with Crippen LogP contribution < -0.4 is 0 Å². The van der Waals surface area contributed by atoms with Crippen LogP contribution >= 0.6 is 0 Å². The van der Waals surface area contributed by atoms with Crippen LogP contribution in [0, 0.1) is 11.8 Å². The smallest absolute Gasteiger partial charge is 0.346 e. The molecule has 0 spiro atoms. The Kier molecular flexibility index (Phi) is 4.98. The summed E-state index contributed by atoms with van der Waals surface area (Å²) >= 11 is 0. The van der Waals surface area contributed by atoms with E-state index in [0.29, 0.717) is 5.92 Å². The highest BCUT2D eigenvalue weighted by Crippen LogP contribution is 2.51. The first-order valence-electron chi connectivity index (χ1n) is 8.80. The van der Waals surface area contributed by atoms with Crippen molar-refractivity contribution in [1.29, 1.82) is 0 Å². The molecule has 0 aromatic rings. The third-order valence-electron chi connectivity index (χ3n) is 4.31. The Hall–Kier alpha value is -1.58. The summed E-state index contributed by atoms with van der Waals surface area (Å²) in [4.78, 5) is 25.3. The summed E-state index contributed by atoms with van der Waals surface area (Å²) < 4.78 is 11.0. The Morgan fingerprint density at radius 2 is 1.50 bits per heavy atom. The minimum absolute atomic E-state index is 0.106. The fraction of sp³-hybridized carbons (Fsp3) is 0.700. The molecule has 4 nitrogen and oxygen atoms in total. The van der Waals surface area contributed by atoms with Gasteiger partial charge in [0.15, 0.2) is 0 Å². The fourth-order valence-electron chi connectivity index (χ4n) is 3.30. The van der Waals surface area contributed by atoms with Crippen LogP contribution in [0.4, 0.5) is 0 Å². The van der Waals surface area contributed by atoms with E-state index < -0.39 is 23.1 Å². The Balaban J connectivity index is 2.34. The lowest BCUT2D eigenvalue weighted by atomic mass is 9.69. The van der Waals surface area contributed by atoms with Gasteiger partial charge < -0.3 is 9.47 Å². The zero-order chi connectivity index (χ0) is 18.3. The first-order chi connectivity index (χ1) is 10.9. The fourth-order valence-corrected chi connectivity index (χ4v) is 3.30. The van der Waals surface area contributed by atoms with Gasteiger partial charge in [-0.1, -0.05) is 18.6 Å². The predicted molar refractivity (Wildman–Crippen MR) is 93.3 cm³/mol. The molecule has 2 aliphatic carbocycles. The number of carbonyl (C=O) groups is 2. The largest absolute Gasteiger partial charge is 0.456 e. The van der Waals surface area contributed by atoms with Crippen LogP contribution in [0.2, 0.25) is 0 Å². The van der Waals surface area contributed by atoms with E-state index in [0.717, 1.165) is 24.8 Å². The average molecular weight is 334 g/mol. The summed E-state index contributed by atoms with van der Waals surface area (Å²) in [6.45, 7) is 13.0. The molecule has 2 aliphatic rings. The van der Waals surface area contributed by atoms with E-state index in [-0.39, 0.29) is 11.5 Å². The summed E-state index contributed by atoms with van der Waals surface area (Å²) in [7, 11) is 0. The number of hydrogen-bond donors (Lipinski definition) is 0. The topological polar surface area (TPSA) is 52.6 Å². The Labute approximate surface area is 145 Å². The third kappa shape index (κ3) is 4.28. The highest BCUT2D eigenvalue weighted by Gasteiger charge is 2.44. The van der Waals surface area contributed by atoms with E-state index in [4.69, 9.17) is 9.47 Å². The second-order valence-corrected chi connectivity index (χ2v) is 8.78. The molecular weight excluding hydrogens is 304 g/mol. The van der Waals surface area contributed by atoms with Gasteiger partial charge >= 0.3 is 11.9 Å². The Bertz CT molecular complexity index is 566. The molecular formula is C20H30O4. The van der Waals surface area contributed by atoms with Gasteiger partial charge in [-0.05, 0) is 72.3 Å². The molecule has 4 heteroatoms. The van der Waals surface area contributed by atoms with Gasteiger partial charge in [0.05, 0.1) is 0 Å². The molecule has 134 valence electrons. The van der Waals surface area contributed by atoms with E-state index in [1.165, 1.54) is 5.57 Å². The van der Waals surface area contributed by atoms with Crippen molar-refractivity contribution in [1.82, 2.24) is 0 Å². The van der Waals surface area contributed by atoms with Gasteiger partial charge in [-0.15, -0.1) is 0 Å². The van der Waals surface area contributed by atoms with Gasteiger partial charge in [-0.25, -0.2) is 9.59 Å². The van der Waals surface area contributed by atoms with Crippen LogP contribution in [0.25, 0.3) is 0 Å². The monoisotopic (exact) mass is 334 g/mol. The second-order valence-electron chi connectivity index (χ2n) is 8.78. The standard InChI is InChI=1S/C20H30O4/c1-8-12-9-13-11-15(14(13)10-12)16(17(21)23-19(2,3)4)18(22)24-20(5,6)7/h10,13-14H,8-9,11H2,1-7H3. The molecule has 2 atom stereocenters. The summed E-state index contributed by atoms with van der Waals surface area (Å²) in [6.07, 6.45) is 5.09. The first-order valence-corrected chi connectivity index (χ1v) is 8.80. The van der Waals surface area contributed by atoms with Crippen LogP contribution in [-0.2, 0) is 19.1 Å². The van der Waals surface area contributed by atoms with Gasteiger partial charge in [-0.3, -0.25) is 0 Å². The Morgan fingerprint density at radius 1 is 1.00 bits per heavy atom. The van der Waals surface area contributed by atoms with Crippen LogP contribution in [0.15, 0.2) is 22.8 Å². The second kappa shape index (κ2) is 6.38. The quantitative estimate of drug-likeness (QED) is 0.253. The lowest BCUT2D eigenvalue weighted by Crippen LogP contribution is -2.36. The number of ether oxygens (including phenoxy) is 2. The number of rotatable bonds is 3. The average Bonchev–Trinajstić information content (AvgIpc) is 2.68. The lowest BCUT2D eigenvalue weighted by Gasteiger charge is -2.36. The maximum Gasteiger partial charge on any atom is 0.346 e. The van der Waals surface area contributed by atoms with Crippen LogP contribution in [0.3, 0.4) is 0 Å². The number of allylic oxidation sites excluding steroid dienone is 3. The third-order valence-corrected chi connectivity index (χ3v) is 4.31. The molecule has 0 aromatic heterocycles. The molecule has 0 amide bonds. The van der Waals surface area contributed by atoms with E-state index in [2.05, 4.69) is 13.0 Å². The highest BCUT2D eigenvalue weighted by atomic mass is 16.6. The number of fused-ring (bicyclic) bond motifs is 1. The molecule has 1 saturated carbocycles. The zero-order valence-electron chi connectivity index (χ0n) is 16.0. The van der Waals surface area contributed by atoms with E-state index in [1.54, 1.807) is 41.5 Å². The molecule has 2 rings (SSSR count). The van der Waals surface area contributed by atoms with Crippen molar-refractivity contribution in [3.63, 3.8) is 0 Å². The molecule has 0 heterocycles. The van der Waals surface area contributed by atoms with E-state index in [1.807, 2.05) is 0 Å². The van der Waals surface area contributed by atoms with Crippen molar-refractivity contribution in [3.05, 3.63) is 22.8 Å². The lowest BCUT2D eigenvalue weighted by molar-refractivity contribution is -0.158. The predicted octanol–water partition coefficient (Wildman–Crippen LogP) is 4.34. The normalized spacial score (nSPS) is 23.1. The van der Waals surface area contributed by atoms with Crippen molar-refractivity contribution < 1.29 is 19.1 Å². The Morgan fingerprint density at radius 3 is 1.92 bits per heavy atom.